The van der Waals surface area contributed by atoms with Gasteiger partial charge in [0.25, 0.3) is 0 Å². The van der Waals surface area contributed by atoms with Crippen LogP contribution in [0.25, 0.3) is 0 Å². The third-order valence-electron chi connectivity index (χ3n) is 2.30. The minimum Gasteiger partial charge on any atom is -0.497 e. The minimum absolute atomic E-state index is 0.306. The predicted molar refractivity (Wildman–Crippen MR) is 59.2 cm³/mol. The summed E-state index contributed by atoms with van der Waals surface area (Å²) in [6, 6.07) is 7.07. The first-order chi connectivity index (χ1) is 8.26. The third kappa shape index (κ3) is 2.07. The molecule has 7 heteroatoms. The van der Waals surface area contributed by atoms with E-state index in [0.717, 1.165) is 5.75 Å². The van der Waals surface area contributed by atoms with Crippen LogP contribution in [0.4, 0.5) is 0 Å². The Balaban J connectivity index is 2.40. The molecule has 0 bridgehead atoms. The number of oxime groups is 1. The van der Waals surface area contributed by atoms with Crippen molar-refractivity contribution < 1.29 is 9.94 Å². The Morgan fingerprint density at radius 3 is 2.53 bits per heavy atom. The van der Waals surface area contributed by atoms with Gasteiger partial charge in [0.1, 0.15) is 5.75 Å². The van der Waals surface area contributed by atoms with Crippen LogP contribution in [0.1, 0.15) is 11.4 Å². The van der Waals surface area contributed by atoms with Gasteiger partial charge in [0.2, 0.25) is 5.82 Å². The van der Waals surface area contributed by atoms with Crippen LogP contribution in [-0.4, -0.2) is 38.2 Å². The molecule has 0 saturated carbocycles. The Bertz CT molecular complexity index is 532. The zero-order chi connectivity index (χ0) is 12.3. The fourth-order valence-corrected chi connectivity index (χ4v) is 1.41. The maximum Gasteiger partial charge on any atom is 0.204 e. The van der Waals surface area contributed by atoms with Crippen molar-refractivity contribution in [3.05, 3.63) is 35.7 Å². The molecule has 0 fully saturated rings. The summed E-state index contributed by atoms with van der Waals surface area (Å²) in [7, 11) is 3.26. The highest BCUT2D eigenvalue weighted by molar-refractivity contribution is 6.10. The molecule has 88 valence electrons. The largest absolute Gasteiger partial charge is 0.497 e. The van der Waals surface area contributed by atoms with E-state index in [1.165, 1.54) is 4.68 Å². The van der Waals surface area contributed by atoms with Crippen molar-refractivity contribution in [2.45, 2.75) is 0 Å². The second-order valence-electron chi connectivity index (χ2n) is 3.30. The van der Waals surface area contributed by atoms with Crippen molar-refractivity contribution in [1.29, 1.82) is 0 Å². The van der Waals surface area contributed by atoms with Crippen molar-refractivity contribution >= 4 is 5.71 Å². The number of methoxy groups -OCH3 is 1. The second kappa shape index (κ2) is 4.60. The summed E-state index contributed by atoms with van der Waals surface area (Å²) < 4.78 is 6.48. The molecule has 0 aliphatic rings. The monoisotopic (exact) mass is 233 g/mol. The first kappa shape index (κ1) is 11.1. The average molecular weight is 233 g/mol. The zero-order valence-corrected chi connectivity index (χ0v) is 9.40. The molecule has 2 rings (SSSR count). The van der Waals surface area contributed by atoms with Crippen molar-refractivity contribution in [1.82, 2.24) is 20.2 Å². The normalized spacial score (nSPS) is 11.5. The number of aryl methyl sites for hydroxylation is 1. The minimum atomic E-state index is 0.306. The molecule has 0 aliphatic heterocycles. The number of aromatic nitrogens is 4. The van der Waals surface area contributed by atoms with Crippen LogP contribution in [0.5, 0.6) is 5.75 Å². The van der Waals surface area contributed by atoms with E-state index in [9.17, 15) is 0 Å². The molecule has 1 aromatic carbocycles. The van der Waals surface area contributed by atoms with Crippen LogP contribution < -0.4 is 4.74 Å². The molecule has 0 radical (unpaired) electrons. The molecule has 0 amide bonds. The molecular formula is C10H11N5O2. The maximum absolute atomic E-state index is 9.05. The number of hydrogen-bond donors (Lipinski definition) is 1. The van der Waals surface area contributed by atoms with E-state index >= 15 is 0 Å². The van der Waals surface area contributed by atoms with E-state index < -0.39 is 0 Å². The lowest BCUT2D eigenvalue weighted by Gasteiger charge is -2.04. The van der Waals surface area contributed by atoms with Gasteiger partial charge in [0.05, 0.1) is 7.11 Å². The smallest absolute Gasteiger partial charge is 0.204 e. The van der Waals surface area contributed by atoms with Gasteiger partial charge < -0.3 is 9.94 Å². The highest BCUT2D eigenvalue weighted by atomic mass is 16.5. The topological polar surface area (TPSA) is 85.4 Å². The molecule has 0 saturated heterocycles. The van der Waals surface area contributed by atoms with Crippen LogP contribution >= 0.6 is 0 Å². The molecule has 2 aromatic rings. The van der Waals surface area contributed by atoms with E-state index in [4.69, 9.17) is 9.94 Å². The summed E-state index contributed by atoms with van der Waals surface area (Å²) in [5.41, 5.74) is 1.01. The van der Waals surface area contributed by atoms with E-state index in [-0.39, 0.29) is 0 Å². The average Bonchev–Trinajstić information content (AvgIpc) is 2.78. The summed E-state index contributed by atoms with van der Waals surface area (Å²) in [6.07, 6.45) is 0. The highest BCUT2D eigenvalue weighted by Crippen LogP contribution is 2.14. The lowest BCUT2D eigenvalue weighted by molar-refractivity contribution is 0.319. The van der Waals surface area contributed by atoms with Crippen LogP contribution in [0, 0.1) is 0 Å². The number of tetrazole rings is 1. The number of benzene rings is 1. The molecule has 7 nitrogen and oxygen atoms in total. The zero-order valence-electron chi connectivity index (χ0n) is 9.40. The van der Waals surface area contributed by atoms with Gasteiger partial charge in [-0.3, -0.25) is 0 Å². The van der Waals surface area contributed by atoms with Crippen molar-refractivity contribution in [3.63, 3.8) is 0 Å². The molecule has 0 aliphatic carbocycles. The summed E-state index contributed by atoms with van der Waals surface area (Å²) in [6.45, 7) is 0. The fourth-order valence-electron chi connectivity index (χ4n) is 1.41. The van der Waals surface area contributed by atoms with Gasteiger partial charge in [0, 0.05) is 12.6 Å². The number of hydrogen-bond acceptors (Lipinski definition) is 6. The van der Waals surface area contributed by atoms with Gasteiger partial charge >= 0.3 is 0 Å². The molecule has 0 spiro atoms. The molecule has 0 atom stereocenters. The van der Waals surface area contributed by atoms with Crippen LogP contribution in [0.15, 0.2) is 29.4 Å². The number of rotatable bonds is 3. The van der Waals surface area contributed by atoms with Crippen LogP contribution in [0.3, 0.4) is 0 Å². The third-order valence-corrected chi connectivity index (χ3v) is 2.30. The highest BCUT2D eigenvalue weighted by Gasteiger charge is 2.14. The van der Waals surface area contributed by atoms with E-state index in [0.29, 0.717) is 17.1 Å². The Morgan fingerprint density at radius 1 is 1.35 bits per heavy atom. The second-order valence-corrected chi connectivity index (χ2v) is 3.30. The molecule has 17 heavy (non-hydrogen) atoms. The lowest BCUT2D eigenvalue weighted by Crippen LogP contribution is -2.11. The maximum atomic E-state index is 9.05. The predicted octanol–water partition coefficient (Wildman–Crippen LogP) is 0.445. The van der Waals surface area contributed by atoms with Crippen molar-refractivity contribution in [2.24, 2.45) is 12.2 Å². The van der Waals surface area contributed by atoms with Gasteiger partial charge in [-0.25, -0.2) is 4.68 Å². The Labute approximate surface area is 97.3 Å². The quantitative estimate of drug-likeness (QED) is 0.472. The lowest BCUT2D eigenvalue weighted by atomic mass is 10.1. The summed E-state index contributed by atoms with van der Waals surface area (Å²) >= 11 is 0. The SMILES string of the molecule is COc1ccc(C(=NO)c2nnnn2C)cc1. The van der Waals surface area contributed by atoms with Crippen LogP contribution in [0.2, 0.25) is 0 Å². The van der Waals surface area contributed by atoms with Crippen molar-refractivity contribution in [3.8, 4) is 5.75 Å². The molecule has 1 heterocycles. The van der Waals surface area contributed by atoms with Gasteiger partial charge in [0.15, 0.2) is 5.71 Å². The van der Waals surface area contributed by atoms with Gasteiger partial charge in [-0.1, -0.05) is 5.16 Å². The summed E-state index contributed by atoms with van der Waals surface area (Å²) in [5, 5.41) is 23.2. The molecule has 1 N–H and O–H groups in total. The number of ether oxygens (including phenoxy) is 1. The summed E-state index contributed by atoms with van der Waals surface area (Å²) in [5.74, 6) is 1.11. The first-order valence-corrected chi connectivity index (χ1v) is 4.85. The van der Waals surface area contributed by atoms with Gasteiger partial charge in [-0.15, -0.1) is 5.10 Å². The Kier molecular flexibility index (Phi) is 2.99. The molecular weight excluding hydrogens is 222 g/mol. The van der Waals surface area contributed by atoms with Gasteiger partial charge in [-0.05, 0) is 34.7 Å². The van der Waals surface area contributed by atoms with Crippen molar-refractivity contribution in [2.75, 3.05) is 7.11 Å². The standard InChI is InChI=1S/C10H11N5O2/c1-15-10(11-13-14-15)9(12-16)7-3-5-8(17-2)6-4-7/h3-6,16H,1-2H3. The first-order valence-electron chi connectivity index (χ1n) is 4.85. The molecule has 0 unspecified atom stereocenters. The number of nitrogens with zero attached hydrogens (tertiary/aromatic N) is 5. The Morgan fingerprint density at radius 2 is 2.06 bits per heavy atom. The van der Waals surface area contributed by atoms with Gasteiger partial charge in [-0.2, -0.15) is 0 Å². The fraction of sp³-hybridized carbons (Fsp3) is 0.200. The molecule has 1 aromatic heterocycles. The van der Waals surface area contributed by atoms with E-state index in [1.807, 2.05) is 0 Å². The Hall–Kier alpha value is -2.44. The van der Waals surface area contributed by atoms with Crippen LogP contribution in [-0.2, 0) is 7.05 Å². The van der Waals surface area contributed by atoms with E-state index in [2.05, 4.69) is 20.7 Å². The summed E-state index contributed by atoms with van der Waals surface area (Å²) in [4.78, 5) is 0. The van der Waals surface area contributed by atoms with E-state index in [1.54, 1.807) is 38.4 Å².